The van der Waals surface area contributed by atoms with Gasteiger partial charge in [0.1, 0.15) is 13.2 Å². The maximum atomic E-state index is 13.6. The van der Waals surface area contributed by atoms with Crippen LogP contribution >= 0.6 is 0 Å². The lowest BCUT2D eigenvalue weighted by molar-refractivity contribution is -0.145. The maximum absolute atomic E-state index is 13.6. The molecule has 2 amide bonds. The van der Waals surface area contributed by atoms with Crippen molar-refractivity contribution in [2.75, 3.05) is 26.3 Å². The number of rotatable bonds is 40. The zero-order chi connectivity index (χ0) is 40.7. The molecule has 0 radical (unpaired) electrons. The molecule has 57 heavy (non-hydrogen) atoms. The van der Waals surface area contributed by atoms with E-state index in [1.54, 1.807) is 0 Å². The molecule has 0 aromatic heterocycles. The van der Waals surface area contributed by atoms with Gasteiger partial charge in [-0.25, -0.2) is 0 Å². The summed E-state index contributed by atoms with van der Waals surface area (Å²) in [6.45, 7) is 6.41. The van der Waals surface area contributed by atoms with Gasteiger partial charge in [-0.15, -0.1) is 0 Å². The van der Waals surface area contributed by atoms with E-state index in [0.717, 1.165) is 51.6 Å². The van der Waals surface area contributed by atoms with Crippen molar-refractivity contribution in [3.63, 3.8) is 0 Å². The highest BCUT2D eigenvalue weighted by atomic mass is 16.5. The normalized spacial score (nSPS) is 15.3. The third-order valence-electron chi connectivity index (χ3n) is 13.6. The second-order valence-electron chi connectivity index (χ2n) is 18.9. The van der Waals surface area contributed by atoms with Crippen LogP contribution in [0.1, 0.15) is 284 Å². The van der Waals surface area contributed by atoms with Crippen LogP contribution in [0.2, 0.25) is 0 Å². The summed E-state index contributed by atoms with van der Waals surface area (Å²) in [7, 11) is 0. The summed E-state index contributed by atoms with van der Waals surface area (Å²) >= 11 is 0. The van der Waals surface area contributed by atoms with E-state index >= 15 is 0 Å². The van der Waals surface area contributed by atoms with Crippen LogP contribution in [-0.2, 0) is 14.3 Å². The Bertz CT molecular complexity index is 813. The molecule has 0 aromatic rings. The molecule has 2 aliphatic carbocycles. The molecular weight excluding hydrogens is 701 g/mol. The molecular formula is C52H100N2O3. The first kappa shape index (κ1) is 52.0. The predicted molar refractivity (Wildman–Crippen MR) is 247 cm³/mol. The molecule has 0 bridgehead atoms. The van der Waals surface area contributed by atoms with E-state index in [0.29, 0.717) is 12.1 Å². The standard InChI is InChI=1S/C52H100N2O3/c1-3-5-7-9-11-13-15-17-19-21-23-25-27-29-31-39-45-53(49-41-35-33-36-42-49)51(55)47-57-48-52(56)54(50-43-37-34-38-44-50)46-40-32-30-28-26-24-22-20-18-16-14-12-10-8-6-4-2/h49-50H,3-48H2,1-2H3. The van der Waals surface area contributed by atoms with E-state index < -0.39 is 0 Å². The van der Waals surface area contributed by atoms with Crippen LogP contribution in [-0.4, -0.2) is 60.0 Å². The van der Waals surface area contributed by atoms with Gasteiger partial charge in [-0.3, -0.25) is 9.59 Å². The topological polar surface area (TPSA) is 49.9 Å². The van der Waals surface area contributed by atoms with Crippen molar-refractivity contribution >= 4 is 11.8 Å². The second kappa shape index (κ2) is 39.1. The summed E-state index contributed by atoms with van der Waals surface area (Å²) in [5, 5.41) is 0. The minimum Gasteiger partial charge on any atom is -0.362 e. The van der Waals surface area contributed by atoms with Gasteiger partial charge in [0.05, 0.1) is 0 Å². The Morgan fingerprint density at radius 1 is 0.351 bits per heavy atom. The van der Waals surface area contributed by atoms with Gasteiger partial charge in [0, 0.05) is 25.2 Å². The predicted octanol–water partition coefficient (Wildman–Crippen LogP) is 15.8. The SMILES string of the molecule is CCCCCCCCCCCCCCCCCCN(C(=O)COCC(=O)N(CCCCCCCCCCCCCCCCCC)C1CCCCC1)C1CCCCC1. The Kier molecular flexibility index (Phi) is 35.7. The fourth-order valence-electron chi connectivity index (χ4n) is 9.86. The molecule has 0 unspecified atom stereocenters. The Balaban J connectivity index is 1.59. The zero-order valence-electron chi connectivity index (χ0n) is 38.8. The summed E-state index contributed by atoms with van der Waals surface area (Å²) in [5.74, 6) is 0.218. The molecule has 0 aliphatic heterocycles. The average molecular weight is 801 g/mol. The third-order valence-corrected chi connectivity index (χ3v) is 13.6. The van der Waals surface area contributed by atoms with Gasteiger partial charge in [0.25, 0.3) is 0 Å². The number of carbonyl (C=O) groups excluding carboxylic acids is 2. The van der Waals surface area contributed by atoms with Crippen LogP contribution < -0.4 is 0 Å². The van der Waals surface area contributed by atoms with Crippen molar-refractivity contribution < 1.29 is 14.3 Å². The number of nitrogens with zero attached hydrogens (tertiary/aromatic N) is 2. The summed E-state index contributed by atoms with van der Waals surface area (Å²) in [5.41, 5.74) is 0. The van der Waals surface area contributed by atoms with Gasteiger partial charge in [-0.2, -0.15) is 0 Å². The van der Waals surface area contributed by atoms with Gasteiger partial charge in [0.15, 0.2) is 0 Å². The Labute approximate surface area is 356 Å². The van der Waals surface area contributed by atoms with E-state index in [2.05, 4.69) is 23.6 Å². The molecule has 0 saturated heterocycles. The molecule has 0 atom stereocenters. The van der Waals surface area contributed by atoms with Crippen LogP contribution in [0.3, 0.4) is 0 Å². The summed E-state index contributed by atoms with van der Waals surface area (Å²) in [6, 6.07) is 0.714. The van der Waals surface area contributed by atoms with Gasteiger partial charge in [-0.05, 0) is 38.5 Å². The van der Waals surface area contributed by atoms with Gasteiger partial charge in [-0.1, -0.05) is 245 Å². The number of hydrogen-bond donors (Lipinski definition) is 0. The van der Waals surface area contributed by atoms with Crippen LogP contribution in [0.25, 0.3) is 0 Å². The van der Waals surface area contributed by atoms with Crippen LogP contribution in [0.5, 0.6) is 0 Å². The highest BCUT2D eigenvalue weighted by Gasteiger charge is 2.27. The van der Waals surface area contributed by atoms with Crippen molar-refractivity contribution in [3.8, 4) is 0 Å². The van der Waals surface area contributed by atoms with Crippen LogP contribution in [0.4, 0.5) is 0 Å². The van der Waals surface area contributed by atoms with Crippen molar-refractivity contribution in [1.29, 1.82) is 0 Å². The van der Waals surface area contributed by atoms with Crippen molar-refractivity contribution in [2.45, 2.75) is 296 Å². The summed E-state index contributed by atoms with van der Waals surface area (Å²) in [4.78, 5) is 31.5. The summed E-state index contributed by atoms with van der Waals surface area (Å²) in [6.07, 6.45) is 55.7. The van der Waals surface area contributed by atoms with E-state index in [4.69, 9.17) is 4.74 Å². The minimum atomic E-state index is 0.0542. The molecule has 336 valence electrons. The number of hydrogen-bond acceptors (Lipinski definition) is 3. The molecule has 2 fully saturated rings. The smallest absolute Gasteiger partial charge is 0.248 e. The van der Waals surface area contributed by atoms with Gasteiger partial charge >= 0.3 is 0 Å². The quantitative estimate of drug-likeness (QED) is 0.0580. The van der Waals surface area contributed by atoms with Crippen LogP contribution in [0, 0.1) is 0 Å². The number of amides is 2. The lowest BCUT2D eigenvalue weighted by Gasteiger charge is -2.35. The fourth-order valence-corrected chi connectivity index (χ4v) is 9.86. The first-order chi connectivity index (χ1) is 28.2. The Morgan fingerprint density at radius 2 is 0.579 bits per heavy atom. The lowest BCUT2D eigenvalue weighted by atomic mass is 9.93. The average Bonchev–Trinajstić information content (AvgIpc) is 3.23. The minimum absolute atomic E-state index is 0.0542. The molecule has 0 heterocycles. The molecule has 2 aliphatic rings. The van der Waals surface area contributed by atoms with Crippen molar-refractivity contribution in [1.82, 2.24) is 9.80 Å². The fraction of sp³-hybridized carbons (Fsp3) is 0.962. The summed E-state index contributed by atoms with van der Waals surface area (Å²) < 4.78 is 5.98. The third kappa shape index (κ3) is 28.9. The first-order valence-corrected chi connectivity index (χ1v) is 26.3. The van der Waals surface area contributed by atoms with Gasteiger partial charge < -0.3 is 14.5 Å². The van der Waals surface area contributed by atoms with E-state index in [1.807, 2.05) is 0 Å². The Hall–Kier alpha value is -1.10. The zero-order valence-corrected chi connectivity index (χ0v) is 38.8. The number of unbranched alkanes of at least 4 members (excludes halogenated alkanes) is 30. The highest BCUT2D eigenvalue weighted by molar-refractivity contribution is 5.80. The largest absolute Gasteiger partial charge is 0.362 e. The number of ether oxygens (including phenoxy) is 1. The molecule has 5 nitrogen and oxygen atoms in total. The second-order valence-corrected chi connectivity index (χ2v) is 18.9. The maximum Gasteiger partial charge on any atom is 0.248 e. The molecule has 5 heteroatoms. The number of carbonyl (C=O) groups is 2. The molecule has 0 N–H and O–H groups in total. The van der Waals surface area contributed by atoms with Crippen molar-refractivity contribution in [3.05, 3.63) is 0 Å². The van der Waals surface area contributed by atoms with E-state index in [-0.39, 0.29) is 25.0 Å². The molecule has 0 aromatic carbocycles. The van der Waals surface area contributed by atoms with Gasteiger partial charge in [0.2, 0.25) is 11.8 Å². The van der Waals surface area contributed by atoms with E-state index in [9.17, 15) is 9.59 Å². The lowest BCUT2D eigenvalue weighted by Crippen LogP contribution is -2.46. The van der Waals surface area contributed by atoms with Crippen molar-refractivity contribution in [2.24, 2.45) is 0 Å². The molecule has 2 rings (SSSR count). The highest BCUT2D eigenvalue weighted by Crippen LogP contribution is 2.25. The first-order valence-electron chi connectivity index (χ1n) is 26.3. The van der Waals surface area contributed by atoms with Crippen LogP contribution in [0.15, 0.2) is 0 Å². The Morgan fingerprint density at radius 3 is 0.825 bits per heavy atom. The monoisotopic (exact) mass is 801 g/mol. The van der Waals surface area contributed by atoms with E-state index in [1.165, 1.54) is 231 Å². The molecule has 0 spiro atoms. The molecule has 2 saturated carbocycles.